The number of alkyl halides is 3. The standard InChI is InChI=1S/C17H23F3N2O2/c1-3-16(23)22-8-7-15(12(2)11-22)21-10-13-5-4-6-14(9-13)24-17(18,19)20/h4-6,9,12,15,21H,3,7-8,10-11H2,1-2H3/t12-,15+/m0/s1. The summed E-state index contributed by atoms with van der Waals surface area (Å²) >= 11 is 0. The molecule has 2 atom stereocenters. The first-order valence-electron chi connectivity index (χ1n) is 8.14. The summed E-state index contributed by atoms with van der Waals surface area (Å²) < 4.78 is 40.7. The number of benzene rings is 1. The van der Waals surface area contributed by atoms with Crippen LogP contribution in [0, 0.1) is 5.92 Å². The quantitative estimate of drug-likeness (QED) is 0.891. The molecule has 1 heterocycles. The lowest BCUT2D eigenvalue weighted by atomic mass is 9.93. The van der Waals surface area contributed by atoms with Crippen molar-refractivity contribution in [3.63, 3.8) is 0 Å². The van der Waals surface area contributed by atoms with Crippen LogP contribution in [0.4, 0.5) is 13.2 Å². The molecule has 0 radical (unpaired) electrons. The Morgan fingerprint density at radius 1 is 1.42 bits per heavy atom. The molecular weight excluding hydrogens is 321 g/mol. The zero-order valence-corrected chi connectivity index (χ0v) is 13.9. The average molecular weight is 344 g/mol. The number of likely N-dealkylation sites (tertiary alicyclic amines) is 1. The number of ether oxygens (including phenoxy) is 1. The van der Waals surface area contributed by atoms with Gasteiger partial charge in [-0.2, -0.15) is 0 Å². The Bertz CT molecular complexity index is 563. The van der Waals surface area contributed by atoms with Crippen LogP contribution in [0.1, 0.15) is 32.3 Å². The lowest BCUT2D eigenvalue weighted by Gasteiger charge is -2.37. The largest absolute Gasteiger partial charge is 0.573 e. The molecule has 4 nitrogen and oxygen atoms in total. The van der Waals surface area contributed by atoms with E-state index in [0.717, 1.165) is 12.0 Å². The van der Waals surface area contributed by atoms with Crippen molar-refractivity contribution in [1.29, 1.82) is 0 Å². The van der Waals surface area contributed by atoms with Gasteiger partial charge in [0.1, 0.15) is 5.75 Å². The lowest BCUT2D eigenvalue weighted by Crippen LogP contribution is -2.49. The Balaban J connectivity index is 1.88. The van der Waals surface area contributed by atoms with Crippen LogP contribution >= 0.6 is 0 Å². The van der Waals surface area contributed by atoms with E-state index in [1.54, 1.807) is 12.1 Å². The van der Waals surface area contributed by atoms with Gasteiger partial charge < -0.3 is 15.0 Å². The summed E-state index contributed by atoms with van der Waals surface area (Å²) in [7, 11) is 0. The van der Waals surface area contributed by atoms with Crippen molar-refractivity contribution in [3.05, 3.63) is 29.8 Å². The van der Waals surface area contributed by atoms with Crippen molar-refractivity contribution in [3.8, 4) is 5.75 Å². The van der Waals surface area contributed by atoms with E-state index in [0.29, 0.717) is 32.0 Å². The molecular formula is C17H23F3N2O2. The third-order valence-corrected chi connectivity index (χ3v) is 4.26. The van der Waals surface area contributed by atoms with Gasteiger partial charge in [-0.3, -0.25) is 4.79 Å². The molecule has 2 rings (SSSR count). The summed E-state index contributed by atoms with van der Waals surface area (Å²) in [5, 5.41) is 3.38. The smallest absolute Gasteiger partial charge is 0.406 e. The van der Waals surface area contributed by atoms with E-state index in [-0.39, 0.29) is 17.7 Å². The maximum Gasteiger partial charge on any atom is 0.573 e. The molecule has 0 unspecified atom stereocenters. The summed E-state index contributed by atoms with van der Waals surface area (Å²) in [6.07, 6.45) is -3.33. The van der Waals surface area contributed by atoms with E-state index < -0.39 is 6.36 Å². The van der Waals surface area contributed by atoms with E-state index in [9.17, 15) is 18.0 Å². The number of nitrogens with one attached hydrogen (secondary N) is 1. The summed E-state index contributed by atoms with van der Waals surface area (Å²) in [4.78, 5) is 13.6. The van der Waals surface area contributed by atoms with Crippen molar-refractivity contribution in [2.75, 3.05) is 13.1 Å². The maximum atomic E-state index is 12.3. The minimum Gasteiger partial charge on any atom is -0.406 e. The predicted molar refractivity (Wildman–Crippen MR) is 84.4 cm³/mol. The first-order chi connectivity index (χ1) is 11.3. The summed E-state index contributed by atoms with van der Waals surface area (Å²) in [6, 6.07) is 6.22. The fourth-order valence-corrected chi connectivity index (χ4v) is 3.00. The number of amides is 1. The molecule has 134 valence electrons. The summed E-state index contributed by atoms with van der Waals surface area (Å²) in [5.41, 5.74) is 0.732. The maximum absolute atomic E-state index is 12.3. The van der Waals surface area contributed by atoms with Crippen LogP contribution in [0.5, 0.6) is 5.75 Å². The molecule has 1 aromatic rings. The molecule has 1 amide bonds. The Hall–Kier alpha value is -1.76. The fraction of sp³-hybridized carbons (Fsp3) is 0.588. The van der Waals surface area contributed by atoms with Crippen LogP contribution in [0.25, 0.3) is 0 Å². The van der Waals surface area contributed by atoms with Crippen LogP contribution in [-0.2, 0) is 11.3 Å². The Morgan fingerprint density at radius 2 is 2.17 bits per heavy atom. The fourth-order valence-electron chi connectivity index (χ4n) is 3.00. The van der Waals surface area contributed by atoms with Crippen LogP contribution in [0.2, 0.25) is 0 Å². The van der Waals surface area contributed by atoms with E-state index in [2.05, 4.69) is 17.0 Å². The second kappa shape index (κ2) is 7.88. The number of carbonyl (C=O) groups excluding carboxylic acids is 1. The third-order valence-electron chi connectivity index (χ3n) is 4.26. The van der Waals surface area contributed by atoms with E-state index in [1.165, 1.54) is 12.1 Å². The number of halogens is 3. The summed E-state index contributed by atoms with van der Waals surface area (Å²) in [6.45, 7) is 5.82. The van der Waals surface area contributed by atoms with Crippen LogP contribution in [0.3, 0.4) is 0 Å². The number of hydrogen-bond acceptors (Lipinski definition) is 3. The minimum atomic E-state index is -4.68. The van der Waals surface area contributed by atoms with Gasteiger partial charge in [0.05, 0.1) is 0 Å². The average Bonchev–Trinajstić information content (AvgIpc) is 2.51. The number of piperidine rings is 1. The number of hydrogen-bond donors (Lipinski definition) is 1. The van der Waals surface area contributed by atoms with Crippen molar-refractivity contribution in [2.45, 2.75) is 45.6 Å². The minimum absolute atomic E-state index is 0.164. The molecule has 0 bridgehead atoms. The monoisotopic (exact) mass is 344 g/mol. The van der Waals surface area contributed by atoms with E-state index in [1.807, 2.05) is 11.8 Å². The Labute approximate surface area is 140 Å². The Morgan fingerprint density at radius 3 is 2.79 bits per heavy atom. The van der Waals surface area contributed by atoms with Gasteiger partial charge >= 0.3 is 6.36 Å². The van der Waals surface area contributed by atoms with Gasteiger partial charge in [-0.1, -0.05) is 26.0 Å². The zero-order chi connectivity index (χ0) is 17.7. The molecule has 7 heteroatoms. The summed E-state index contributed by atoms with van der Waals surface area (Å²) in [5.74, 6) is 0.249. The molecule has 0 spiro atoms. The second-order valence-corrected chi connectivity index (χ2v) is 6.14. The molecule has 1 aliphatic heterocycles. The molecule has 1 saturated heterocycles. The molecule has 0 saturated carbocycles. The van der Waals surface area contributed by atoms with Gasteiger partial charge in [0.2, 0.25) is 5.91 Å². The predicted octanol–water partition coefficient (Wildman–Crippen LogP) is 3.32. The van der Waals surface area contributed by atoms with Gasteiger partial charge in [-0.25, -0.2) is 0 Å². The first-order valence-corrected chi connectivity index (χ1v) is 8.14. The SMILES string of the molecule is CCC(=O)N1CC[C@@H](NCc2cccc(OC(F)(F)F)c2)[C@@H](C)C1. The van der Waals surface area contributed by atoms with Gasteiger partial charge in [-0.05, 0) is 30.0 Å². The van der Waals surface area contributed by atoms with E-state index >= 15 is 0 Å². The van der Waals surface area contributed by atoms with E-state index in [4.69, 9.17) is 0 Å². The number of rotatable bonds is 5. The lowest BCUT2D eigenvalue weighted by molar-refractivity contribution is -0.274. The Kier molecular flexibility index (Phi) is 6.10. The van der Waals surface area contributed by atoms with Crippen molar-refractivity contribution >= 4 is 5.91 Å². The molecule has 1 aliphatic rings. The highest BCUT2D eigenvalue weighted by Crippen LogP contribution is 2.24. The normalized spacial score (nSPS) is 21.6. The number of nitrogens with zero attached hydrogens (tertiary/aromatic N) is 1. The van der Waals surface area contributed by atoms with Gasteiger partial charge in [-0.15, -0.1) is 13.2 Å². The first kappa shape index (κ1) is 18.6. The van der Waals surface area contributed by atoms with Crippen molar-refractivity contribution in [2.24, 2.45) is 5.92 Å². The van der Waals surface area contributed by atoms with Crippen LogP contribution in [0.15, 0.2) is 24.3 Å². The highest BCUT2D eigenvalue weighted by atomic mass is 19.4. The highest BCUT2D eigenvalue weighted by Gasteiger charge is 2.31. The molecule has 1 aromatic carbocycles. The third kappa shape index (κ3) is 5.40. The highest BCUT2D eigenvalue weighted by molar-refractivity contribution is 5.75. The second-order valence-electron chi connectivity index (χ2n) is 6.14. The molecule has 1 fully saturated rings. The molecule has 1 N–H and O–H groups in total. The topological polar surface area (TPSA) is 41.6 Å². The zero-order valence-electron chi connectivity index (χ0n) is 13.9. The van der Waals surface area contributed by atoms with Crippen LogP contribution < -0.4 is 10.1 Å². The van der Waals surface area contributed by atoms with Gasteiger partial charge in [0, 0.05) is 32.1 Å². The number of carbonyl (C=O) groups is 1. The van der Waals surface area contributed by atoms with Crippen molar-refractivity contribution in [1.82, 2.24) is 10.2 Å². The van der Waals surface area contributed by atoms with Gasteiger partial charge in [0.15, 0.2) is 0 Å². The molecule has 0 aliphatic carbocycles. The molecule has 0 aromatic heterocycles. The van der Waals surface area contributed by atoms with Crippen molar-refractivity contribution < 1.29 is 22.7 Å². The van der Waals surface area contributed by atoms with Gasteiger partial charge in [0.25, 0.3) is 0 Å². The van der Waals surface area contributed by atoms with Crippen LogP contribution in [-0.4, -0.2) is 36.3 Å². The molecule has 24 heavy (non-hydrogen) atoms.